The van der Waals surface area contributed by atoms with Crippen LogP contribution in [0.15, 0.2) is 34.8 Å². The molecule has 0 aliphatic heterocycles. The molecule has 0 aliphatic rings. The molecule has 0 saturated heterocycles. The molecule has 2 rings (SSSR count). The highest BCUT2D eigenvalue weighted by Gasteiger charge is 2.13. The van der Waals surface area contributed by atoms with Crippen molar-refractivity contribution in [1.82, 2.24) is 0 Å². The fourth-order valence-corrected chi connectivity index (χ4v) is 2.44. The topological polar surface area (TPSA) is 75.3 Å². The van der Waals surface area contributed by atoms with Gasteiger partial charge in [-0.1, -0.05) is 15.9 Å². The molecule has 2 aromatic rings. The Hall–Kier alpha value is -2.08. The van der Waals surface area contributed by atoms with Crippen LogP contribution in [0.25, 0.3) is 0 Å². The molecule has 0 radical (unpaired) electrons. The molecule has 2 aromatic carbocycles. The third kappa shape index (κ3) is 3.08. The second kappa shape index (κ2) is 5.50. The molecular weight excluding hydrogens is 327 g/mol. The quantitative estimate of drug-likeness (QED) is 0.741. The highest BCUT2D eigenvalue weighted by Crippen LogP contribution is 2.27. The summed E-state index contributed by atoms with van der Waals surface area (Å²) in [5, 5.41) is 11.9. The van der Waals surface area contributed by atoms with Crippen LogP contribution >= 0.6 is 15.9 Å². The number of halogens is 2. The second-order valence-electron chi connectivity index (χ2n) is 4.37. The van der Waals surface area contributed by atoms with Gasteiger partial charge in [0.2, 0.25) is 0 Å². The number of anilines is 3. The van der Waals surface area contributed by atoms with Gasteiger partial charge in [0.25, 0.3) is 0 Å². The van der Waals surface area contributed by atoms with Crippen molar-refractivity contribution >= 4 is 39.0 Å². The lowest BCUT2D eigenvalue weighted by Gasteiger charge is -2.11. The van der Waals surface area contributed by atoms with Crippen LogP contribution in [0.4, 0.5) is 21.5 Å². The predicted octanol–water partition coefficient (Wildman–Crippen LogP) is 3.92. The number of rotatable bonds is 3. The van der Waals surface area contributed by atoms with Crippen molar-refractivity contribution in [2.24, 2.45) is 0 Å². The van der Waals surface area contributed by atoms with Gasteiger partial charge in [0.05, 0.1) is 11.3 Å². The van der Waals surface area contributed by atoms with E-state index in [1.807, 2.05) is 19.1 Å². The van der Waals surface area contributed by atoms with E-state index in [0.717, 1.165) is 16.1 Å². The summed E-state index contributed by atoms with van der Waals surface area (Å²) in [7, 11) is 0. The number of nitrogens with two attached hydrogens (primary N) is 1. The summed E-state index contributed by atoms with van der Waals surface area (Å²) < 4.78 is 14.7. The molecule has 6 heteroatoms. The Morgan fingerprint density at radius 3 is 2.60 bits per heavy atom. The Kier molecular flexibility index (Phi) is 3.94. The van der Waals surface area contributed by atoms with E-state index in [-0.39, 0.29) is 16.9 Å². The van der Waals surface area contributed by atoms with E-state index in [9.17, 15) is 9.18 Å². The summed E-state index contributed by atoms with van der Waals surface area (Å²) in [6.07, 6.45) is 0. The molecule has 4 N–H and O–H groups in total. The summed E-state index contributed by atoms with van der Waals surface area (Å²) in [6, 6.07) is 7.68. The third-order valence-corrected chi connectivity index (χ3v) is 3.15. The van der Waals surface area contributed by atoms with E-state index in [1.165, 1.54) is 6.07 Å². The van der Waals surface area contributed by atoms with Gasteiger partial charge >= 0.3 is 5.97 Å². The molecule has 0 amide bonds. The van der Waals surface area contributed by atoms with Crippen LogP contribution in [0.5, 0.6) is 0 Å². The molecule has 4 nitrogen and oxygen atoms in total. The molecule has 0 bridgehead atoms. The highest BCUT2D eigenvalue weighted by atomic mass is 79.9. The zero-order valence-corrected chi connectivity index (χ0v) is 12.2. The molecule has 0 aromatic heterocycles. The van der Waals surface area contributed by atoms with Crippen molar-refractivity contribution in [3.63, 3.8) is 0 Å². The zero-order valence-electron chi connectivity index (χ0n) is 10.6. The number of nitrogens with one attached hydrogen (secondary N) is 1. The van der Waals surface area contributed by atoms with E-state index >= 15 is 0 Å². The molecule has 0 saturated carbocycles. The number of carboxylic acids is 1. The summed E-state index contributed by atoms with van der Waals surface area (Å²) >= 11 is 3.35. The molecule has 0 fully saturated rings. The van der Waals surface area contributed by atoms with Crippen LogP contribution in [-0.4, -0.2) is 11.1 Å². The Morgan fingerprint density at radius 2 is 2.00 bits per heavy atom. The predicted molar refractivity (Wildman–Crippen MR) is 79.9 cm³/mol. The van der Waals surface area contributed by atoms with Crippen LogP contribution in [0.1, 0.15) is 15.9 Å². The lowest BCUT2D eigenvalue weighted by Crippen LogP contribution is -2.05. The fourth-order valence-electron chi connectivity index (χ4n) is 1.83. The molecular formula is C14H12BrFN2O2. The molecule has 20 heavy (non-hydrogen) atoms. The largest absolute Gasteiger partial charge is 0.478 e. The van der Waals surface area contributed by atoms with Crippen molar-refractivity contribution in [2.45, 2.75) is 6.92 Å². The zero-order chi connectivity index (χ0) is 14.9. The Labute approximate surface area is 123 Å². The van der Waals surface area contributed by atoms with Crippen molar-refractivity contribution < 1.29 is 14.3 Å². The van der Waals surface area contributed by atoms with Crippen molar-refractivity contribution in [2.75, 3.05) is 11.1 Å². The van der Waals surface area contributed by atoms with Gasteiger partial charge in [-0.3, -0.25) is 0 Å². The van der Waals surface area contributed by atoms with Crippen molar-refractivity contribution in [3.05, 3.63) is 51.7 Å². The van der Waals surface area contributed by atoms with E-state index in [4.69, 9.17) is 10.8 Å². The van der Waals surface area contributed by atoms with Gasteiger partial charge in [-0.15, -0.1) is 0 Å². The summed E-state index contributed by atoms with van der Waals surface area (Å²) in [5.74, 6) is -1.80. The Bertz CT molecular complexity index is 669. The number of hydrogen-bond donors (Lipinski definition) is 3. The van der Waals surface area contributed by atoms with Crippen LogP contribution in [0.2, 0.25) is 0 Å². The summed E-state index contributed by atoms with van der Waals surface area (Å²) in [5.41, 5.74) is 6.93. The monoisotopic (exact) mass is 338 g/mol. The van der Waals surface area contributed by atoms with Crippen LogP contribution < -0.4 is 11.1 Å². The van der Waals surface area contributed by atoms with Gasteiger partial charge in [-0.2, -0.15) is 0 Å². The molecule has 0 heterocycles. The maximum Gasteiger partial charge on any atom is 0.337 e. The lowest BCUT2D eigenvalue weighted by atomic mass is 10.1. The summed E-state index contributed by atoms with van der Waals surface area (Å²) in [4.78, 5) is 11.0. The first-order valence-corrected chi connectivity index (χ1v) is 6.52. The lowest BCUT2D eigenvalue weighted by molar-refractivity contribution is 0.0698. The highest BCUT2D eigenvalue weighted by molar-refractivity contribution is 9.10. The molecule has 0 unspecified atom stereocenters. The van der Waals surface area contributed by atoms with Gasteiger partial charge in [0.1, 0.15) is 5.82 Å². The van der Waals surface area contributed by atoms with Crippen LogP contribution in [0.3, 0.4) is 0 Å². The standard InChI is InChI=1S/C14H12BrFN2O2/c1-7-2-8(15)4-9(3-7)18-13-5-10(14(19)20)12(17)6-11(13)16/h2-6,18H,17H2,1H3,(H,19,20). The Balaban J connectivity index is 2.42. The number of benzene rings is 2. The van der Waals surface area contributed by atoms with E-state index in [1.54, 1.807) is 6.07 Å². The molecule has 104 valence electrons. The van der Waals surface area contributed by atoms with Gasteiger partial charge < -0.3 is 16.2 Å². The SMILES string of the molecule is Cc1cc(Br)cc(Nc2cc(C(=O)O)c(N)cc2F)c1. The van der Waals surface area contributed by atoms with Gasteiger partial charge in [0, 0.05) is 15.8 Å². The molecule has 0 aliphatic carbocycles. The average Bonchev–Trinajstić information content (AvgIpc) is 2.30. The number of carbonyl (C=O) groups is 1. The van der Waals surface area contributed by atoms with Crippen LogP contribution in [0, 0.1) is 12.7 Å². The third-order valence-electron chi connectivity index (χ3n) is 2.69. The fraction of sp³-hybridized carbons (Fsp3) is 0.0714. The van der Waals surface area contributed by atoms with Crippen molar-refractivity contribution in [1.29, 1.82) is 0 Å². The molecule has 0 spiro atoms. The number of aryl methyl sites for hydroxylation is 1. The van der Waals surface area contributed by atoms with E-state index in [0.29, 0.717) is 5.69 Å². The van der Waals surface area contributed by atoms with Crippen LogP contribution in [-0.2, 0) is 0 Å². The number of aromatic carboxylic acids is 1. The van der Waals surface area contributed by atoms with Gasteiger partial charge in [-0.25, -0.2) is 9.18 Å². The summed E-state index contributed by atoms with van der Waals surface area (Å²) in [6.45, 7) is 1.90. The number of carboxylic acid groups (broad SMARTS) is 1. The smallest absolute Gasteiger partial charge is 0.337 e. The maximum absolute atomic E-state index is 13.8. The number of hydrogen-bond acceptors (Lipinski definition) is 3. The maximum atomic E-state index is 13.8. The normalized spacial score (nSPS) is 10.3. The minimum atomic E-state index is -1.20. The first-order chi connectivity index (χ1) is 9.36. The minimum absolute atomic E-state index is 0.0640. The first kappa shape index (κ1) is 14.3. The second-order valence-corrected chi connectivity index (χ2v) is 5.28. The minimum Gasteiger partial charge on any atom is -0.478 e. The van der Waals surface area contributed by atoms with Gasteiger partial charge in [0.15, 0.2) is 0 Å². The average molecular weight is 339 g/mol. The van der Waals surface area contributed by atoms with E-state index < -0.39 is 11.8 Å². The van der Waals surface area contributed by atoms with E-state index in [2.05, 4.69) is 21.2 Å². The van der Waals surface area contributed by atoms with Crippen molar-refractivity contribution in [3.8, 4) is 0 Å². The molecule has 0 atom stereocenters. The number of nitrogen functional groups attached to an aromatic ring is 1. The van der Waals surface area contributed by atoms with Gasteiger partial charge in [-0.05, 0) is 42.8 Å². The Morgan fingerprint density at radius 1 is 1.30 bits per heavy atom. The first-order valence-electron chi connectivity index (χ1n) is 5.73.